The van der Waals surface area contributed by atoms with Gasteiger partial charge in [-0.25, -0.2) is 0 Å². The zero-order valence-corrected chi connectivity index (χ0v) is 14.5. The number of carbonyl (C=O) groups excluding carboxylic acids is 2. The molecule has 2 aliphatic heterocycles. The molecule has 2 N–H and O–H groups in total. The van der Waals surface area contributed by atoms with Crippen molar-refractivity contribution >= 4 is 35.6 Å². The number of nitrogens with zero attached hydrogens (tertiary/aromatic N) is 2. The van der Waals surface area contributed by atoms with Crippen LogP contribution in [-0.4, -0.2) is 49.6 Å². The summed E-state index contributed by atoms with van der Waals surface area (Å²) in [6.07, 6.45) is 2.31. The maximum atomic E-state index is 12.5. The average Bonchev–Trinajstić information content (AvgIpc) is 2.60. The molecule has 0 unspecified atom stereocenters. The third-order valence-electron chi connectivity index (χ3n) is 4.50. The van der Waals surface area contributed by atoms with Crippen molar-refractivity contribution in [1.29, 1.82) is 0 Å². The molecule has 0 aromatic heterocycles. The lowest BCUT2D eigenvalue weighted by Gasteiger charge is -2.31. The molecule has 0 saturated carbocycles. The summed E-state index contributed by atoms with van der Waals surface area (Å²) in [5.74, 6) is 0.0321. The van der Waals surface area contributed by atoms with Gasteiger partial charge < -0.3 is 20.3 Å². The SMILES string of the molecule is Cl.Nc1cccc2c1CCCN2C(=O)CCC(=O)N1CCOCC1. The van der Waals surface area contributed by atoms with Crippen LogP contribution in [0.25, 0.3) is 0 Å². The van der Waals surface area contributed by atoms with Crippen molar-refractivity contribution in [3.8, 4) is 0 Å². The Kier molecular flexibility index (Phi) is 6.45. The highest BCUT2D eigenvalue weighted by Gasteiger charge is 2.25. The van der Waals surface area contributed by atoms with E-state index in [2.05, 4.69) is 0 Å². The van der Waals surface area contributed by atoms with Gasteiger partial charge in [0.05, 0.1) is 13.2 Å². The molecule has 2 amide bonds. The van der Waals surface area contributed by atoms with Gasteiger partial charge in [0.1, 0.15) is 0 Å². The van der Waals surface area contributed by atoms with Crippen molar-refractivity contribution in [2.45, 2.75) is 25.7 Å². The van der Waals surface area contributed by atoms with Crippen molar-refractivity contribution in [2.24, 2.45) is 0 Å². The summed E-state index contributed by atoms with van der Waals surface area (Å²) >= 11 is 0. The third kappa shape index (κ3) is 3.99. The lowest BCUT2D eigenvalue weighted by molar-refractivity contribution is -0.136. The second kappa shape index (κ2) is 8.35. The fraction of sp³-hybridized carbons (Fsp3) is 0.529. The van der Waals surface area contributed by atoms with E-state index in [4.69, 9.17) is 10.5 Å². The highest BCUT2D eigenvalue weighted by atomic mass is 35.5. The average molecular weight is 354 g/mol. The maximum Gasteiger partial charge on any atom is 0.227 e. The molecular formula is C17H24ClN3O3. The number of hydrogen-bond acceptors (Lipinski definition) is 4. The number of carbonyl (C=O) groups is 2. The number of morpholine rings is 1. The number of amides is 2. The van der Waals surface area contributed by atoms with Crippen LogP contribution in [0, 0.1) is 0 Å². The first-order valence-electron chi connectivity index (χ1n) is 8.20. The van der Waals surface area contributed by atoms with Gasteiger partial charge in [0.2, 0.25) is 11.8 Å². The predicted molar refractivity (Wildman–Crippen MR) is 95.4 cm³/mol. The molecule has 0 bridgehead atoms. The molecule has 6 nitrogen and oxygen atoms in total. The van der Waals surface area contributed by atoms with Crippen molar-refractivity contribution in [3.05, 3.63) is 23.8 Å². The summed E-state index contributed by atoms with van der Waals surface area (Å²) in [7, 11) is 0. The molecule has 0 radical (unpaired) electrons. The largest absolute Gasteiger partial charge is 0.398 e. The second-order valence-corrected chi connectivity index (χ2v) is 5.99. The number of nitrogens with two attached hydrogens (primary N) is 1. The zero-order valence-electron chi connectivity index (χ0n) is 13.7. The Morgan fingerprint density at radius 1 is 1.08 bits per heavy atom. The van der Waals surface area contributed by atoms with Gasteiger partial charge in [0.25, 0.3) is 0 Å². The Bertz CT molecular complexity index is 603. The van der Waals surface area contributed by atoms with Crippen LogP contribution in [-0.2, 0) is 20.7 Å². The van der Waals surface area contributed by atoms with Gasteiger partial charge in [-0.1, -0.05) is 6.07 Å². The molecular weight excluding hydrogens is 330 g/mol. The Labute approximate surface area is 148 Å². The molecule has 2 heterocycles. The van der Waals surface area contributed by atoms with E-state index in [9.17, 15) is 9.59 Å². The van der Waals surface area contributed by atoms with E-state index >= 15 is 0 Å². The van der Waals surface area contributed by atoms with E-state index in [1.54, 1.807) is 9.80 Å². The molecule has 0 atom stereocenters. The van der Waals surface area contributed by atoms with E-state index in [-0.39, 0.29) is 37.1 Å². The van der Waals surface area contributed by atoms with E-state index < -0.39 is 0 Å². The first kappa shape index (κ1) is 18.5. The highest BCUT2D eigenvalue weighted by Crippen LogP contribution is 2.31. The van der Waals surface area contributed by atoms with Gasteiger partial charge in [-0.2, -0.15) is 0 Å². The van der Waals surface area contributed by atoms with Crippen LogP contribution in [0.3, 0.4) is 0 Å². The topological polar surface area (TPSA) is 75.9 Å². The summed E-state index contributed by atoms with van der Waals surface area (Å²) in [6.45, 7) is 3.10. The van der Waals surface area contributed by atoms with E-state index in [0.717, 1.165) is 29.8 Å². The minimum atomic E-state index is -0.00170. The van der Waals surface area contributed by atoms with Crippen molar-refractivity contribution in [2.75, 3.05) is 43.5 Å². The first-order valence-corrected chi connectivity index (χ1v) is 8.20. The summed E-state index contributed by atoms with van der Waals surface area (Å²) in [4.78, 5) is 28.3. The minimum absolute atomic E-state index is 0. The molecule has 0 spiro atoms. The van der Waals surface area contributed by atoms with Gasteiger partial charge in [-0.15, -0.1) is 12.4 Å². The molecule has 1 aromatic carbocycles. The van der Waals surface area contributed by atoms with Gasteiger partial charge in [-0.3, -0.25) is 9.59 Å². The Balaban J connectivity index is 0.00000208. The van der Waals surface area contributed by atoms with E-state index in [1.807, 2.05) is 18.2 Å². The molecule has 0 aliphatic carbocycles. The van der Waals surface area contributed by atoms with E-state index in [0.29, 0.717) is 32.8 Å². The van der Waals surface area contributed by atoms with Crippen LogP contribution in [0.2, 0.25) is 0 Å². The van der Waals surface area contributed by atoms with Crippen LogP contribution < -0.4 is 10.6 Å². The standard InChI is InChI=1S/C17H23N3O3.ClH/c18-14-4-1-5-15-13(14)3-2-8-20(15)17(22)7-6-16(21)19-9-11-23-12-10-19;/h1,4-5H,2-3,6-12,18H2;1H. The summed E-state index contributed by atoms with van der Waals surface area (Å²) in [6, 6.07) is 5.68. The van der Waals surface area contributed by atoms with Crippen molar-refractivity contribution in [1.82, 2.24) is 4.90 Å². The van der Waals surface area contributed by atoms with E-state index in [1.165, 1.54) is 0 Å². The lowest BCUT2D eigenvalue weighted by atomic mass is 9.99. The summed E-state index contributed by atoms with van der Waals surface area (Å²) in [5.41, 5.74) is 8.70. The smallest absolute Gasteiger partial charge is 0.227 e. The number of ether oxygens (including phenoxy) is 1. The number of rotatable bonds is 3. The molecule has 1 fully saturated rings. The van der Waals surface area contributed by atoms with Gasteiger partial charge in [-0.05, 0) is 30.5 Å². The molecule has 1 saturated heterocycles. The molecule has 3 rings (SSSR count). The predicted octanol–water partition coefficient (Wildman–Crippen LogP) is 1.61. The molecule has 1 aromatic rings. The van der Waals surface area contributed by atoms with Crippen LogP contribution in [0.1, 0.15) is 24.8 Å². The van der Waals surface area contributed by atoms with Crippen LogP contribution in [0.4, 0.5) is 11.4 Å². The number of hydrogen-bond donors (Lipinski definition) is 1. The highest BCUT2D eigenvalue weighted by molar-refractivity contribution is 5.97. The number of nitrogen functional groups attached to an aromatic ring is 1. The normalized spacial score (nSPS) is 17.0. The first-order chi connectivity index (χ1) is 11.2. The number of benzene rings is 1. The lowest BCUT2D eigenvalue weighted by Crippen LogP contribution is -2.41. The van der Waals surface area contributed by atoms with Crippen molar-refractivity contribution in [3.63, 3.8) is 0 Å². The number of halogens is 1. The van der Waals surface area contributed by atoms with Crippen LogP contribution in [0.15, 0.2) is 18.2 Å². The Hall–Kier alpha value is -1.79. The monoisotopic (exact) mass is 353 g/mol. The zero-order chi connectivity index (χ0) is 16.2. The Morgan fingerprint density at radius 3 is 2.54 bits per heavy atom. The van der Waals surface area contributed by atoms with Gasteiger partial charge in [0, 0.05) is 43.9 Å². The van der Waals surface area contributed by atoms with Gasteiger partial charge in [0.15, 0.2) is 0 Å². The van der Waals surface area contributed by atoms with Gasteiger partial charge >= 0.3 is 0 Å². The third-order valence-corrected chi connectivity index (χ3v) is 4.50. The molecule has 24 heavy (non-hydrogen) atoms. The Morgan fingerprint density at radius 2 is 1.79 bits per heavy atom. The van der Waals surface area contributed by atoms with Crippen LogP contribution in [0.5, 0.6) is 0 Å². The fourth-order valence-electron chi connectivity index (χ4n) is 3.23. The minimum Gasteiger partial charge on any atom is -0.398 e. The molecule has 2 aliphatic rings. The number of anilines is 2. The molecule has 7 heteroatoms. The quantitative estimate of drug-likeness (QED) is 0.838. The summed E-state index contributed by atoms with van der Waals surface area (Å²) in [5, 5.41) is 0. The number of fused-ring (bicyclic) bond motifs is 1. The maximum absolute atomic E-state index is 12.5. The van der Waals surface area contributed by atoms with Crippen LogP contribution >= 0.6 is 12.4 Å². The van der Waals surface area contributed by atoms with Crippen molar-refractivity contribution < 1.29 is 14.3 Å². The molecule has 132 valence electrons. The fourth-order valence-corrected chi connectivity index (χ4v) is 3.23. The summed E-state index contributed by atoms with van der Waals surface area (Å²) < 4.78 is 5.24. The second-order valence-electron chi connectivity index (χ2n) is 5.99.